The second-order valence-corrected chi connectivity index (χ2v) is 10.5. The van der Waals surface area contributed by atoms with E-state index in [0.717, 1.165) is 42.3 Å². The van der Waals surface area contributed by atoms with E-state index >= 15 is 0 Å². The van der Waals surface area contributed by atoms with Crippen molar-refractivity contribution in [1.29, 1.82) is 0 Å². The van der Waals surface area contributed by atoms with E-state index in [1.165, 1.54) is 17.5 Å². The lowest BCUT2D eigenvalue weighted by Crippen LogP contribution is -2.29. The number of ether oxygens (including phenoxy) is 3. The predicted molar refractivity (Wildman–Crippen MR) is 156 cm³/mol. The molecule has 0 saturated carbocycles. The molecule has 1 heterocycles. The van der Waals surface area contributed by atoms with Gasteiger partial charge in [0.25, 0.3) is 5.91 Å². The van der Waals surface area contributed by atoms with Gasteiger partial charge in [0.05, 0.1) is 19.8 Å². The van der Waals surface area contributed by atoms with Crippen LogP contribution in [0, 0.1) is 5.92 Å². The first-order valence-electron chi connectivity index (χ1n) is 14.1. The molecule has 1 amide bonds. The maximum Gasteiger partial charge on any atom is 0.251 e. The summed E-state index contributed by atoms with van der Waals surface area (Å²) in [5, 5.41) is 3.04. The van der Waals surface area contributed by atoms with E-state index in [2.05, 4.69) is 48.3 Å². The van der Waals surface area contributed by atoms with Gasteiger partial charge in [-0.15, -0.1) is 0 Å². The molecule has 0 fully saturated rings. The van der Waals surface area contributed by atoms with Gasteiger partial charge in [0, 0.05) is 31.6 Å². The minimum atomic E-state index is -0.107. The Morgan fingerprint density at radius 1 is 1.00 bits per heavy atom. The fourth-order valence-electron chi connectivity index (χ4n) is 4.69. The topological polar surface area (TPSA) is 60.0 Å². The number of nitrogens with zero attached hydrogens (tertiary/aromatic N) is 1. The van der Waals surface area contributed by atoms with E-state index in [0.29, 0.717) is 50.9 Å². The van der Waals surface area contributed by atoms with E-state index in [4.69, 9.17) is 14.2 Å². The summed E-state index contributed by atoms with van der Waals surface area (Å²) in [5.74, 6) is 2.19. The van der Waals surface area contributed by atoms with Gasteiger partial charge in [-0.3, -0.25) is 9.69 Å². The van der Waals surface area contributed by atoms with Crippen molar-refractivity contribution in [3.05, 3.63) is 94.5 Å². The van der Waals surface area contributed by atoms with Crippen LogP contribution in [-0.2, 0) is 24.2 Å². The molecule has 0 atom stereocenters. The van der Waals surface area contributed by atoms with Crippen LogP contribution >= 0.6 is 0 Å². The fourth-order valence-corrected chi connectivity index (χ4v) is 4.69. The zero-order chi connectivity index (χ0) is 27.5. The normalized spacial score (nSPS) is 14.7. The Bertz CT molecular complexity index is 1190. The van der Waals surface area contributed by atoms with Crippen LogP contribution < -0.4 is 14.8 Å². The van der Waals surface area contributed by atoms with Crippen LogP contribution in [-0.4, -0.2) is 50.3 Å². The zero-order valence-electron chi connectivity index (χ0n) is 23.6. The molecule has 1 aliphatic rings. The molecular formula is C33H42N2O4. The van der Waals surface area contributed by atoms with Crippen LogP contribution in [0.5, 0.6) is 11.5 Å². The molecule has 3 aromatic rings. The molecule has 1 aliphatic heterocycles. The van der Waals surface area contributed by atoms with Gasteiger partial charge in [-0.05, 0) is 78.4 Å². The summed E-state index contributed by atoms with van der Waals surface area (Å²) in [5.41, 5.74) is 5.14. The van der Waals surface area contributed by atoms with E-state index in [9.17, 15) is 4.79 Å². The molecule has 1 N–H and O–H groups in total. The van der Waals surface area contributed by atoms with Crippen LogP contribution in [0.1, 0.15) is 59.8 Å². The maximum atomic E-state index is 13.1. The number of benzene rings is 3. The highest BCUT2D eigenvalue weighted by atomic mass is 16.5. The summed E-state index contributed by atoms with van der Waals surface area (Å²) < 4.78 is 17.5. The van der Waals surface area contributed by atoms with Gasteiger partial charge < -0.3 is 19.5 Å². The smallest absolute Gasteiger partial charge is 0.251 e. The maximum absolute atomic E-state index is 13.1. The molecule has 0 radical (unpaired) electrons. The molecule has 0 aromatic heterocycles. The summed E-state index contributed by atoms with van der Waals surface area (Å²) in [7, 11) is 0. The van der Waals surface area contributed by atoms with Gasteiger partial charge in [-0.1, -0.05) is 50.2 Å². The SMILES string of the molecule is CCOc1ccc(CNC(=O)c2ccc3c(c2)Cc2cccc(c2)CN(CCC(C)C)CCOCCO3)cc1. The summed E-state index contributed by atoms with van der Waals surface area (Å²) in [4.78, 5) is 15.5. The van der Waals surface area contributed by atoms with Gasteiger partial charge in [0.2, 0.25) is 0 Å². The van der Waals surface area contributed by atoms with Crippen molar-refractivity contribution in [2.45, 2.75) is 46.7 Å². The first-order valence-corrected chi connectivity index (χ1v) is 14.1. The molecular weight excluding hydrogens is 488 g/mol. The van der Waals surface area contributed by atoms with Crippen molar-refractivity contribution < 1.29 is 19.0 Å². The molecule has 0 spiro atoms. The first kappa shape index (κ1) is 28.7. The van der Waals surface area contributed by atoms with E-state index in [1.54, 1.807) is 0 Å². The number of carbonyl (C=O) groups excluding carboxylic acids is 1. The first-order chi connectivity index (χ1) is 19.0. The minimum Gasteiger partial charge on any atom is -0.494 e. The Balaban J connectivity index is 1.48. The monoisotopic (exact) mass is 530 g/mol. The standard InChI is InChI=1S/C33H42N2O4/c1-4-38-31-11-8-26(9-12-31)23-34-33(36)29-10-13-32-30(22-29)21-27-6-5-7-28(20-27)24-35(15-14-25(2)3)16-17-37-18-19-39-32/h5-13,20,22,25H,4,14-19,21,23-24H2,1-3H3,(H,34,36). The lowest BCUT2D eigenvalue weighted by Gasteiger charge is -2.24. The second-order valence-electron chi connectivity index (χ2n) is 10.5. The van der Waals surface area contributed by atoms with Crippen molar-refractivity contribution >= 4 is 5.91 Å². The summed E-state index contributed by atoms with van der Waals surface area (Å²) >= 11 is 0. The Kier molecular flexibility index (Phi) is 10.8. The summed E-state index contributed by atoms with van der Waals surface area (Å²) in [6.45, 7) is 12.1. The fraction of sp³-hybridized carbons (Fsp3) is 0.424. The van der Waals surface area contributed by atoms with Crippen LogP contribution in [0.15, 0.2) is 66.7 Å². The highest BCUT2D eigenvalue weighted by Gasteiger charge is 2.14. The van der Waals surface area contributed by atoms with Gasteiger partial charge in [0.1, 0.15) is 18.1 Å². The molecule has 6 heteroatoms. The van der Waals surface area contributed by atoms with Crippen LogP contribution in [0.3, 0.4) is 0 Å². The lowest BCUT2D eigenvalue weighted by molar-refractivity contribution is 0.0764. The molecule has 0 aliphatic carbocycles. The average molecular weight is 531 g/mol. The summed E-state index contributed by atoms with van der Waals surface area (Å²) in [6.07, 6.45) is 1.86. The van der Waals surface area contributed by atoms with Gasteiger partial charge >= 0.3 is 0 Å². The van der Waals surface area contributed by atoms with Crippen molar-refractivity contribution in [1.82, 2.24) is 10.2 Å². The Morgan fingerprint density at radius 2 is 1.82 bits per heavy atom. The van der Waals surface area contributed by atoms with Gasteiger partial charge in [-0.2, -0.15) is 0 Å². The summed E-state index contributed by atoms with van der Waals surface area (Å²) in [6, 6.07) is 22.2. The number of fused-ring (bicyclic) bond motifs is 3. The Morgan fingerprint density at radius 3 is 2.62 bits per heavy atom. The Labute approximate surface area is 233 Å². The largest absolute Gasteiger partial charge is 0.494 e. The molecule has 6 nitrogen and oxygen atoms in total. The third-order valence-electron chi connectivity index (χ3n) is 6.86. The average Bonchev–Trinajstić information content (AvgIpc) is 2.93. The molecule has 3 aromatic carbocycles. The van der Waals surface area contributed by atoms with Crippen LogP contribution in [0.2, 0.25) is 0 Å². The zero-order valence-corrected chi connectivity index (χ0v) is 23.6. The van der Waals surface area contributed by atoms with E-state index < -0.39 is 0 Å². The molecule has 0 saturated heterocycles. The number of carbonyl (C=O) groups is 1. The van der Waals surface area contributed by atoms with Gasteiger partial charge in [0.15, 0.2) is 0 Å². The Hall–Kier alpha value is -3.35. The van der Waals surface area contributed by atoms with Crippen molar-refractivity contribution in [3.8, 4) is 11.5 Å². The minimum absolute atomic E-state index is 0.107. The second kappa shape index (κ2) is 14.7. The van der Waals surface area contributed by atoms with Gasteiger partial charge in [-0.25, -0.2) is 0 Å². The quantitative estimate of drug-likeness (QED) is 0.395. The third kappa shape index (κ3) is 9.12. The number of hydrogen-bond acceptors (Lipinski definition) is 5. The highest BCUT2D eigenvalue weighted by Crippen LogP contribution is 2.25. The molecule has 4 rings (SSSR count). The van der Waals surface area contributed by atoms with Crippen molar-refractivity contribution in [2.75, 3.05) is 39.5 Å². The molecule has 2 bridgehead atoms. The molecule has 208 valence electrons. The third-order valence-corrected chi connectivity index (χ3v) is 6.86. The van der Waals surface area contributed by atoms with E-state index in [-0.39, 0.29) is 5.91 Å². The van der Waals surface area contributed by atoms with Crippen molar-refractivity contribution in [2.24, 2.45) is 5.92 Å². The predicted octanol–water partition coefficient (Wildman–Crippen LogP) is 5.86. The lowest BCUT2D eigenvalue weighted by atomic mass is 9.99. The molecule has 0 unspecified atom stereocenters. The number of amides is 1. The van der Waals surface area contributed by atoms with Crippen molar-refractivity contribution in [3.63, 3.8) is 0 Å². The van der Waals surface area contributed by atoms with E-state index in [1.807, 2.05) is 49.4 Å². The highest BCUT2D eigenvalue weighted by molar-refractivity contribution is 5.94. The number of hydrogen-bond donors (Lipinski definition) is 1. The number of nitrogens with one attached hydrogen (secondary N) is 1. The van der Waals surface area contributed by atoms with Crippen LogP contribution in [0.4, 0.5) is 0 Å². The number of rotatable bonds is 8. The molecule has 39 heavy (non-hydrogen) atoms. The van der Waals surface area contributed by atoms with Crippen LogP contribution in [0.25, 0.3) is 0 Å².